The first-order valence-electron chi connectivity index (χ1n) is 31.4. The Hall–Kier alpha value is -6.98. The summed E-state index contributed by atoms with van der Waals surface area (Å²) in [6, 6.07) is 13.1. The first-order chi connectivity index (χ1) is 41.5. The molecule has 472 valence electrons. The molecule has 18 heteroatoms. The molecule has 2 unspecified atom stereocenters. The number of ketones is 2. The fraction of sp³-hybridized carbons (Fsp3) is 0.543. The van der Waals surface area contributed by atoms with Gasteiger partial charge in [0, 0.05) is 37.1 Å². The number of fused-ring (bicyclic) bond motifs is 2. The molecule has 2 heterocycles. The average molecular weight is 1220 g/mol. The van der Waals surface area contributed by atoms with Gasteiger partial charge in [0.15, 0.2) is 11.6 Å². The van der Waals surface area contributed by atoms with E-state index in [1.54, 1.807) is 0 Å². The van der Waals surface area contributed by atoms with Gasteiger partial charge in [-0.1, -0.05) is 109 Å². The van der Waals surface area contributed by atoms with Crippen molar-refractivity contribution in [2.75, 3.05) is 7.05 Å². The van der Waals surface area contributed by atoms with Crippen LogP contribution in [0.1, 0.15) is 268 Å². The van der Waals surface area contributed by atoms with Gasteiger partial charge in [0.1, 0.15) is 10.8 Å². The number of aromatic carboxylic acids is 2. The topological polar surface area (TPSA) is 183 Å². The molecule has 2 N–H and O–H groups in total. The predicted octanol–water partition coefficient (Wildman–Crippen LogP) is 16.3. The van der Waals surface area contributed by atoms with Gasteiger partial charge in [0.2, 0.25) is 0 Å². The smallest absolute Gasteiger partial charge is 0.402 e. The summed E-state index contributed by atoms with van der Waals surface area (Å²) < 4.78 is 89.4. The molecule has 4 aromatic carbocycles. The van der Waals surface area contributed by atoms with Crippen molar-refractivity contribution in [1.29, 1.82) is 0 Å². The minimum atomic E-state index is -4.94. The van der Waals surface area contributed by atoms with E-state index in [9.17, 15) is 74.9 Å². The number of Topliss-reactive ketones (excluding diaryl/α,β-unsaturated/α-hetero) is 2. The highest BCUT2D eigenvalue weighted by molar-refractivity contribution is 6.22. The van der Waals surface area contributed by atoms with Crippen molar-refractivity contribution < 1.29 is 74.9 Å². The normalized spacial score (nSPS) is 25.5. The van der Waals surface area contributed by atoms with Crippen LogP contribution in [0.4, 0.5) is 26.3 Å². The lowest BCUT2D eigenvalue weighted by Crippen LogP contribution is -2.42. The molecule has 2 atom stereocenters. The maximum Gasteiger partial charge on any atom is 0.402 e. The lowest BCUT2D eigenvalue weighted by atomic mass is 9.72. The molecule has 0 aromatic heterocycles. The molecule has 10 rings (SSSR count). The zero-order valence-corrected chi connectivity index (χ0v) is 51.0. The van der Waals surface area contributed by atoms with Crippen LogP contribution in [-0.2, 0) is 10.8 Å². The van der Waals surface area contributed by atoms with Gasteiger partial charge in [-0.25, -0.2) is 9.59 Å². The van der Waals surface area contributed by atoms with Gasteiger partial charge < -0.3 is 10.2 Å². The quantitative estimate of drug-likeness (QED) is 0.0622. The molecular formula is C70H80F6N2O10. The maximum atomic E-state index is 14.9. The van der Waals surface area contributed by atoms with E-state index in [4.69, 9.17) is 0 Å². The Morgan fingerprint density at radius 3 is 1.18 bits per heavy atom. The van der Waals surface area contributed by atoms with Crippen LogP contribution >= 0.6 is 0 Å². The molecule has 0 bridgehead atoms. The molecular weight excluding hydrogens is 1140 g/mol. The number of carbonyl (C=O) groups is 8. The second kappa shape index (κ2) is 25.9. The second-order valence-electron chi connectivity index (χ2n) is 26.7. The number of amides is 4. The molecule has 12 nitrogen and oxygen atoms in total. The number of benzene rings is 4. The molecule has 4 aliphatic carbocycles. The van der Waals surface area contributed by atoms with Crippen molar-refractivity contribution in [2.45, 2.75) is 192 Å². The fourth-order valence-electron chi connectivity index (χ4n) is 15.1. The van der Waals surface area contributed by atoms with Crippen LogP contribution < -0.4 is 0 Å². The third-order valence-electron chi connectivity index (χ3n) is 21.1. The highest BCUT2D eigenvalue weighted by atomic mass is 19.4. The van der Waals surface area contributed by atoms with Crippen molar-refractivity contribution >= 4 is 47.1 Å². The Balaban J connectivity index is 0.000000210. The number of carbonyl (C=O) groups excluding carboxylic acids is 6. The number of alkyl halides is 6. The summed E-state index contributed by atoms with van der Waals surface area (Å²) in [5, 5.41) is 19.4. The third-order valence-corrected chi connectivity index (χ3v) is 21.1. The molecule has 4 saturated carbocycles. The number of hydrogen-bond donors (Lipinski definition) is 2. The monoisotopic (exact) mass is 1220 g/mol. The SMILES string of the molecule is CC1CCC(CC2CCC(N3C(=O)c4ccc(C(C)(c5ccc6c(c5)C(=O)N(C)C6=O)C(F)(F)F)cc4C3=O)CC2)CC1.CCC(=O)c1cc(C(C)(c2ccc(C(=O)O)c(C(=O)CC3CCC(CC4CCC(C)CC4)CC3)c2)C(F)(F)F)ccc1C(=O)O. The Bertz CT molecular complexity index is 3380. The van der Waals surface area contributed by atoms with Crippen LogP contribution in [0, 0.1) is 41.4 Å². The molecule has 4 aromatic rings. The number of nitrogens with zero attached hydrogens (tertiary/aromatic N) is 2. The van der Waals surface area contributed by atoms with E-state index in [2.05, 4.69) is 13.8 Å². The van der Waals surface area contributed by atoms with Gasteiger partial charge in [0.05, 0.1) is 33.4 Å². The van der Waals surface area contributed by atoms with Gasteiger partial charge in [-0.05, 0) is 177 Å². The molecule has 2 aliphatic heterocycles. The average Bonchev–Trinajstić information content (AvgIpc) is 1.20. The largest absolute Gasteiger partial charge is 0.478 e. The van der Waals surface area contributed by atoms with Crippen LogP contribution in [0.3, 0.4) is 0 Å². The molecule has 6 aliphatic rings. The number of carboxylic acids is 2. The molecule has 88 heavy (non-hydrogen) atoms. The summed E-state index contributed by atoms with van der Waals surface area (Å²) >= 11 is 0. The molecule has 0 radical (unpaired) electrons. The molecule has 0 spiro atoms. The van der Waals surface area contributed by atoms with Crippen molar-refractivity contribution in [1.82, 2.24) is 9.80 Å². The van der Waals surface area contributed by atoms with Gasteiger partial charge in [-0.2, -0.15) is 26.3 Å². The Labute approximate surface area is 510 Å². The molecule has 4 amide bonds. The summed E-state index contributed by atoms with van der Waals surface area (Å²) in [6.07, 6.45) is 9.74. The first kappa shape index (κ1) is 65.5. The Kier molecular flexibility index (Phi) is 19.2. The maximum absolute atomic E-state index is 14.9. The third kappa shape index (κ3) is 12.9. The van der Waals surface area contributed by atoms with Crippen molar-refractivity contribution in [3.8, 4) is 0 Å². The van der Waals surface area contributed by atoms with E-state index in [-0.39, 0.29) is 86.0 Å². The van der Waals surface area contributed by atoms with Crippen molar-refractivity contribution in [2.24, 2.45) is 41.4 Å². The fourth-order valence-corrected chi connectivity index (χ4v) is 15.1. The summed E-state index contributed by atoms with van der Waals surface area (Å²) in [4.78, 5) is 104. The lowest BCUT2D eigenvalue weighted by molar-refractivity contribution is -0.173. The lowest BCUT2D eigenvalue weighted by Gasteiger charge is -2.36. The zero-order valence-electron chi connectivity index (χ0n) is 51.0. The number of carboxylic acid groups (broad SMARTS) is 2. The number of rotatable bonds is 16. The predicted molar refractivity (Wildman–Crippen MR) is 318 cm³/mol. The summed E-state index contributed by atoms with van der Waals surface area (Å²) in [6.45, 7) is 7.98. The summed E-state index contributed by atoms with van der Waals surface area (Å²) in [5.41, 5.74) is -7.90. The van der Waals surface area contributed by atoms with E-state index in [1.807, 2.05) is 0 Å². The first-order valence-corrected chi connectivity index (χ1v) is 31.4. The van der Waals surface area contributed by atoms with Crippen molar-refractivity contribution in [3.63, 3.8) is 0 Å². The van der Waals surface area contributed by atoms with Gasteiger partial charge in [0.25, 0.3) is 23.6 Å². The summed E-state index contributed by atoms with van der Waals surface area (Å²) in [5.74, 6) is -1.89. The second-order valence-corrected chi connectivity index (χ2v) is 26.7. The van der Waals surface area contributed by atoms with Crippen LogP contribution in [-0.4, -0.2) is 92.6 Å². The van der Waals surface area contributed by atoms with Gasteiger partial charge in [-0.15, -0.1) is 0 Å². The van der Waals surface area contributed by atoms with Crippen LogP contribution in [0.2, 0.25) is 0 Å². The van der Waals surface area contributed by atoms with Crippen LogP contribution in [0.15, 0.2) is 72.8 Å². The van der Waals surface area contributed by atoms with E-state index < -0.39 is 75.9 Å². The summed E-state index contributed by atoms with van der Waals surface area (Å²) in [7, 11) is 1.28. The molecule has 4 fully saturated rings. The van der Waals surface area contributed by atoms with E-state index in [1.165, 1.54) is 113 Å². The van der Waals surface area contributed by atoms with Gasteiger partial charge in [-0.3, -0.25) is 38.6 Å². The Morgan fingerprint density at radius 1 is 0.443 bits per heavy atom. The van der Waals surface area contributed by atoms with E-state index >= 15 is 0 Å². The Morgan fingerprint density at radius 2 is 0.773 bits per heavy atom. The zero-order chi connectivity index (χ0) is 63.9. The number of hydrogen-bond acceptors (Lipinski definition) is 8. The number of imide groups is 2. The van der Waals surface area contributed by atoms with Crippen LogP contribution in [0.5, 0.6) is 0 Å². The van der Waals surface area contributed by atoms with Crippen molar-refractivity contribution in [3.05, 3.63) is 140 Å². The highest BCUT2D eigenvalue weighted by Gasteiger charge is 2.56. The highest BCUT2D eigenvalue weighted by Crippen LogP contribution is 2.50. The number of halogens is 6. The van der Waals surface area contributed by atoms with Crippen LogP contribution in [0.25, 0.3) is 0 Å². The van der Waals surface area contributed by atoms with Gasteiger partial charge >= 0.3 is 24.3 Å². The minimum Gasteiger partial charge on any atom is -0.478 e. The van der Waals surface area contributed by atoms with E-state index in [0.717, 1.165) is 123 Å². The standard InChI is InChI=1S/C36H43F3O6.C34H37F3N2O4/c1-4-31(40)29-19-25(13-15-27(29)33(42)43)35(3,36(37,38)39)26-14-16-28(34(44)45)30(20-26)32(41)18-24-11-9-23(10-12-24)17-22-7-5-21(2)6-8-22;1-19-4-6-20(7-5-19)16-21-8-12-24(13-9-21)39-31(42)26-15-11-23(18-28(26)32(39)43)33(2,34(35,36)37)22-10-14-25-27(17-22)30(41)38(3)29(25)40/h13-16,19-24H,4-12,17-18H2,1-3H3,(H,42,43)(H,44,45);10-11,14-15,17-21,24H,4-9,12-13,16H2,1-3H3. The minimum absolute atomic E-state index is 0.0245. The van der Waals surface area contributed by atoms with E-state index in [0.29, 0.717) is 24.7 Å². The molecule has 0 saturated heterocycles.